The van der Waals surface area contributed by atoms with Crippen molar-refractivity contribution in [3.05, 3.63) is 71.0 Å². The number of ether oxygens (including phenoxy) is 2. The van der Waals surface area contributed by atoms with Gasteiger partial charge in [0.2, 0.25) is 5.91 Å². The molecule has 212 valence electrons. The van der Waals surface area contributed by atoms with Crippen LogP contribution in [0.25, 0.3) is 21.7 Å². The number of carbonyl (C=O) groups is 1. The molecule has 0 saturated heterocycles. The van der Waals surface area contributed by atoms with Crippen molar-refractivity contribution in [1.29, 1.82) is 0 Å². The third-order valence-electron chi connectivity index (χ3n) is 6.08. The number of nitrogens with zero attached hydrogens (tertiary/aromatic N) is 2. The molecular formula is C28H29ClF3N5O3. The zero-order chi connectivity index (χ0) is 28.7. The molecule has 4 aromatic rings. The normalized spacial score (nSPS) is 12.5. The van der Waals surface area contributed by atoms with Crippen molar-refractivity contribution < 1.29 is 27.4 Å². The second-order valence-electron chi connectivity index (χ2n) is 9.29. The number of carbonyl (C=O) groups excluding carboxylic acids is 1. The molecule has 0 spiro atoms. The minimum Gasteiger partial charge on any atom is -0.404 e. The predicted molar refractivity (Wildman–Crippen MR) is 149 cm³/mol. The van der Waals surface area contributed by atoms with Crippen LogP contribution in [0.5, 0.6) is 5.75 Å². The van der Waals surface area contributed by atoms with Crippen molar-refractivity contribution in [2.24, 2.45) is 5.73 Å². The standard InChI is InChI=1S/C28H29ClF3N5O3/c1-17(16-39-11-3-2-9-34-14-18-4-7-25(23(29)12-18)40-28(30,31)32)36-27-21-8-10-35-15-22(21)20-6-5-19(26(33)38)13-24(20)37-27/h4-8,10,12-13,15,17,34H,2-3,9,11,14,16H2,1H3,(H2,33,38)(H,36,37)/t17-/m0/s1. The number of amides is 1. The Labute approximate surface area is 234 Å². The van der Waals surface area contributed by atoms with Crippen LogP contribution in [-0.4, -0.2) is 48.0 Å². The van der Waals surface area contributed by atoms with Crippen LogP contribution in [0.15, 0.2) is 54.9 Å². The molecule has 0 unspecified atom stereocenters. The third-order valence-corrected chi connectivity index (χ3v) is 6.37. The molecule has 8 nitrogen and oxygen atoms in total. The Morgan fingerprint density at radius 1 is 1.10 bits per heavy atom. The maximum atomic E-state index is 12.4. The summed E-state index contributed by atoms with van der Waals surface area (Å²) in [7, 11) is 0. The highest BCUT2D eigenvalue weighted by molar-refractivity contribution is 6.32. The lowest BCUT2D eigenvalue weighted by Crippen LogP contribution is -2.23. The lowest BCUT2D eigenvalue weighted by molar-refractivity contribution is -0.274. The molecule has 0 fully saturated rings. The molecule has 40 heavy (non-hydrogen) atoms. The van der Waals surface area contributed by atoms with Gasteiger partial charge in [-0.15, -0.1) is 13.2 Å². The smallest absolute Gasteiger partial charge is 0.404 e. The summed E-state index contributed by atoms with van der Waals surface area (Å²) in [5, 5.41) is 9.26. The molecule has 2 aromatic carbocycles. The summed E-state index contributed by atoms with van der Waals surface area (Å²) >= 11 is 5.88. The number of fused-ring (bicyclic) bond motifs is 3. The molecule has 4 N–H and O–H groups in total. The molecule has 0 aliphatic carbocycles. The molecule has 1 amide bonds. The fourth-order valence-corrected chi connectivity index (χ4v) is 4.44. The lowest BCUT2D eigenvalue weighted by Gasteiger charge is -2.17. The van der Waals surface area contributed by atoms with Gasteiger partial charge in [0.1, 0.15) is 11.6 Å². The zero-order valence-corrected chi connectivity index (χ0v) is 22.5. The number of aromatic nitrogens is 2. The molecule has 1 atom stereocenters. The van der Waals surface area contributed by atoms with E-state index in [1.807, 2.05) is 19.1 Å². The topological polar surface area (TPSA) is 111 Å². The second kappa shape index (κ2) is 13.1. The van der Waals surface area contributed by atoms with Crippen molar-refractivity contribution in [1.82, 2.24) is 15.3 Å². The van der Waals surface area contributed by atoms with Crippen molar-refractivity contribution in [3.63, 3.8) is 0 Å². The van der Waals surface area contributed by atoms with Crippen LogP contribution in [0, 0.1) is 0 Å². The molecule has 2 aromatic heterocycles. The Morgan fingerprint density at radius 2 is 1.93 bits per heavy atom. The first-order valence-electron chi connectivity index (χ1n) is 12.7. The summed E-state index contributed by atoms with van der Waals surface area (Å²) in [6, 6.07) is 11.3. The van der Waals surface area contributed by atoms with E-state index in [9.17, 15) is 18.0 Å². The Hall–Kier alpha value is -3.67. The van der Waals surface area contributed by atoms with Crippen LogP contribution in [0.2, 0.25) is 5.02 Å². The molecule has 0 aliphatic heterocycles. The van der Waals surface area contributed by atoms with E-state index in [1.165, 1.54) is 18.2 Å². The summed E-state index contributed by atoms with van der Waals surface area (Å²) < 4.78 is 46.8. The van der Waals surface area contributed by atoms with Crippen LogP contribution in [0.4, 0.5) is 19.0 Å². The minimum absolute atomic E-state index is 0.0344. The van der Waals surface area contributed by atoms with Crippen molar-refractivity contribution in [3.8, 4) is 5.75 Å². The van der Waals surface area contributed by atoms with Gasteiger partial charge in [0, 0.05) is 53.3 Å². The van der Waals surface area contributed by atoms with Gasteiger partial charge in [-0.1, -0.05) is 23.7 Å². The summed E-state index contributed by atoms with van der Waals surface area (Å²) in [6.07, 6.45) is 0.389. The van der Waals surface area contributed by atoms with E-state index in [0.717, 1.165) is 34.6 Å². The van der Waals surface area contributed by atoms with Crippen LogP contribution in [0.1, 0.15) is 35.7 Å². The molecule has 0 radical (unpaired) electrons. The summed E-state index contributed by atoms with van der Waals surface area (Å²) in [6.45, 7) is 4.21. The third kappa shape index (κ3) is 7.93. The van der Waals surface area contributed by atoms with Crippen molar-refractivity contribution >= 4 is 45.0 Å². The molecule has 4 rings (SSSR count). The number of rotatable bonds is 13. The van der Waals surface area contributed by atoms with Crippen LogP contribution >= 0.6 is 11.6 Å². The average molecular weight is 576 g/mol. The van der Waals surface area contributed by atoms with Crippen molar-refractivity contribution in [2.75, 3.05) is 25.1 Å². The highest BCUT2D eigenvalue weighted by atomic mass is 35.5. The number of hydrogen-bond acceptors (Lipinski definition) is 7. The zero-order valence-electron chi connectivity index (χ0n) is 21.7. The van der Waals surface area contributed by atoms with E-state index in [-0.39, 0.29) is 11.1 Å². The fourth-order valence-electron chi connectivity index (χ4n) is 4.20. The van der Waals surface area contributed by atoms with E-state index < -0.39 is 18.0 Å². The van der Waals surface area contributed by atoms with Crippen LogP contribution < -0.4 is 21.1 Å². The number of nitrogens with one attached hydrogen (secondary N) is 2. The molecule has 0 aliphatic rings. The van der Waals surface area contributed by atoms with Gasteiger partial charge >= 0.3 is 6.36 Å². The molecule has 0 bridgehead atoms. The largest absolute Gasteiger partial charge is 0.573 e. The van der Waals surface area contributed by atoms with Gasteiger partial charge in [0.15, 0.2) is 0 Å². The van der Waals surface area contributed by atoms with Gasteiger partial charge < -0.3 is 25.8 Å². The van der Waals surface area contributed by atoms with Gasteiger partial charge in [-0.25, -0.2) is 4.98 Å². The maximum Gasteiger partial charge on any atom is 0.573 e. The number of alkyl halides is 3. The molecule has 0 saturated carbocycles. The molecule has 12 heteroatoms. The second-order valence-corrected chi connectivity index (χ2v) is 9.70. The number of halogens is 4. The van der Waals surface area contributed by atoms with Gasteiger partial charge in [-0.2, -0.15) is 0 Å². The number of pyridine rings is 2. The van der Waals surface area contributed by atoms with Crippen LogP contribution in [0.3, 0.4) is 0 Å². The predicted octanol–water partition coefficient (Wildman–Crippen LogP) is 5.82. The Morgan fingerprint density at radius 3 is 2.67 bits per heavy atom. The number of primary amides is 1. The SMILES string of the molecule is C[C@@H](COCCCCNCc1ccc(OC(F)(F)F)c(Cl)c1)Nc1nc2cc(C(N)=O)ccc2c2cnccc12. The number of benzene rings is 2. The van der Waals surface area contributed by atoms with Crippen LogP contribution in [-0.2, 0) is 11.3 Å². The maximum absolute atomic E-state index is 12.4. The summed E-state index contributed by atoms with van der Waals surface area (Å²) in [4.78, 5) is 20.6. The summed E-state index contributed by atoms with van der Waals surface area (Å²) in [5.74, 6) is -0.262. The highest BCUT2D eigenvalue weighted by Crippen LogP contribution is 2.31. The van der Waals surface area contributed by atoms with E-state index in [2.05, 4.69) is 20.4 Å². The average Bonchev–Trinajstić information content (AvgIpc) is 2.90. The van der Waals surface area contributed by atoms with E-state index in [0.29, 0.717) is 43.2 Å². The Bertz CT molecular complexity index is 1490. The Balaban J connectivity index is 1.20. The molecular weight excluding hydrogens is 547 g/mol. The Kier molecular flexibility index (Phi) is 9.62. The number of unbranched alkanes of at least 4 members (excludes halogenated alkanes) is 1. The molecule has 2 heterocycles. The number of anilines is 1. The van der Waals surface area contributed by atoms with Crippen molar-refractivity contribution in [2.45, 2.75) is 38.7 Å². The van der Waals surface area contributed by atoms with E-state index >= 15 is 0 Å². The highest BCUT2D eigenvalue weighted by Gasteiger charge is 2.32. The van der Waals surface area contributed by atoms with E-state index in [1.54, 1.807) is 24.5 Å². The van der Waals surface area contributed by atoms with Gasteiger partial charge in [-0.3, -0.25) is 9.78 Å². The quantitative estimate of drug-likeness (QED) is 0.136. The number of nitrogens with two attached hydrogens (primary N) is 1. The first-order chi connectivity index (χ1) is 19.1. The minimum atomic E-state index is -4.78. The first kappa shape index (κ1) is 29.3. The first-order valence-corrected chi connectivity index (χ1v) is 13.0. The van der Waals surface area contributed by atoms with Gasteiger partial charge in [0.25, 0.3) is 0 Å². The van der Waals surface area contributed by atoms with Gasteiger partial charge in [-0.05, 0) is 62.2 Å². The van der Waals surface area contributed by atoms with Gasteiger partial charge in [0.05, 0.1) is 17.1 Å². The monoisotopic (exact) mass is 575 g/mol. The fraction of sp³-hybridized carbons (Fsp3) is 0.321. The lowest BCUT2D eigenvalue weighted by atomic mass is 10.1. The summed E-state index contributed by atoms with van der Waals surface area (Å²) in [5.41, 5.74) is 7.23. The number of hydrogen-bond donors (Lipinski definition) is 3. The van der Waals surface area contributed by atoms with E-state index in [4.69, 9.17) is 27.1 Å².